The number of ether oxygens (including phenoxy) is 1. The molecule has 3 aromatic carbocycles. The summed E-state index contributed by atoms with van der Waals surface area (Å²) in [7, 11) is 1.36. The first-order valence-electron chi connectivity index (χ1n) is 15.9. The third kappa shape index (κ3) is 5.18. The number of benzene rings is 3. The van der Waals surface area contributed by atoms with Crippen LogP contribution in [0.5, 0.6) is 11.5 Å². The highest BCUT2D eigenvalue weighted by molar-refractivity contribution is 6.32. The van der Waals surface area contributed by atoms with Gasteiger partial charge in [0.2, 0.25) is 23.6 Å². The average molecular weight is 751 g/mol. The number of phenols is 1. The van der Waals surface area contributed by atoms with E-state index in [-0.39, 0.29) is 46.7 Å². The van der Waals surface area contributed by atoms with Gasteiger partial charge in [0.1, 0.15) is 17.3 Å². The lowest BCUT2D eigenvalue weighted by Gasteiger charge is -2.49. The SMILES string of the molecule is COc1ccc(O)c([C@H]2C3=CC[C@@H]4C(=O)N(c5cc(C(F)(F)F)cc(C(F)(F)F)c5)C(=O)[C@@H]4[C@@H]3C[C@H]3C(=O)N(c4ccc(F)c(Cl)c4)C(=O)[C@@]23C)c1. The fourth-order valence-electron chi connectivity index (χ4n) is 8.44. The van der Waals surface area contributed by atoms with Gasteiger partial charge < -0.3 is 9.84 Å². The van der Waals surface area contributed by atoms with E-state index in [4.69, 9.17) is 16.3 Å². The highest BCUT2D eigenvalue weighted by atomic mass is 35.5. The van der Waals surface area contributed by atoms with Crippen LogP contribution in [0.25, 0.3) is 0 Å². The maximum Gasteiger partial charge on any atom is 0.416 e. The van der Waals surface area contributed by atoms with Crippen LogP contribution in [0.15, 0.2) is 66.2 Å². The molecule has 4 amide bonds. The van der Waals surface area contributed by atoms with E-state index in [1.165, 1.54) is 38.3 Å². The molecule has 16 heteroatoms. The second-order valence-corrected chi connectivity index (χ2v) is 13.9. The van der Waals surface area contributed by atoms with Crippen LogP contribution in [-0.4, -0.2) is 35.8 Å². The second kappa shape index (κ2) is 11.8. The van der Waals surface area contributed by atoms with Gasteiger partial charge in [0.05, 0.1) is 57.8 Å². The zero-order chi connectivity index (χ0) is 37.8. The van der Waals surface area contributed by atoms with Crippen molar-refractivity contribution in [2.24, 2.45) is 29.1 Å². The molecule has 8 nitrogen and oxygen atoms in total. The number of phenolic OH excluding ortho intramolecular Hbond substituents is 1. The van der Waals surface area contributed by atoms with Crippen molar-refractivity contribution in [3.8, 4) is 11.5 Å². The van der Waals surface area contributed by atoms with Crippen molar-refractivity contribution in [3.05, 3.63) is 93.8 Å². The number of carbonyl (C=O) groups excluding carboxylic acids is 4. The first-order valence-corrected chi connectivity index (χ1v) is 16.2. The molecule has 2 aliphatic heterocycles. The number of nitrogens with zero attached hydrogens (tertiary/aromatic N) is 2. The summed E-state index contributed by atoms with van der Waals surface area (Å²) in [5.74, 6) is -10.5. The maximum absolute atomic E-state index is 14.5. The summed E-state index contributed by atoms with van der Waals surface area (Å²) in [6.45, 7) is 1.50. The number of allylic oxidation sites excluding steroid dienone is 2. The summed E-state index contributed by atoms with van der Waals surface area (Å²) in [5.41, 5.74) is -5.57. The van der Waals surface area contributed by atoms with Gasteiger partial charge >= 0.3 is 12.4 Å². The van der Waals surface area contributed by atoms with Crippen molar-refractivity contribution in [2.45, 2.75) is 38.0 Å². The van der Waals surface area contributed by atoms with Crippen LogP contribution in [0, 0.1) is 34.9 Å². The molecule has 0 unspecified atom stereocenters. The Morgan fingerprint density at radius 3 is 2.08 bits per heavy atom. The molecule has 3 fully saturated rings. The highest BCUT2D eigenvalue weighted by Crippen LogP contribution is 2.65. The number of hydrogen-bond acceptors (Lipinski definition) is 6. The van der Waals surface area contributed by atoms with Gasteiger partial charge in [0, 0.05) is 11.5 Å². The van der Waals surface area contributed by atoms with E-state index in [9.17, 15) is 55.0 Å². The third-order valence-corrected chi connectivity index (χ3v) is 11.1. The molecule has 272 valence electrons. The first kappa shape index (κ1) is 35.5. The van der Waals surface area contributed by atoms with Crippen molar-refractivity contribution in [3.63, 3.8) is 0 Å². The number of anilines is 2. The smallest absolute Gasteiger partial charge is 0.416 e. The Morgan fingerprint density at radius 1 is 0.827 bits per heavy atom. The number of aromatic hydroxyl groups is 1. The van der Waals surface area contributed by atoms with Crippen LogP contribution >= 0.6 is 11.6 Å². The van der Waals surface area contributed by atoms with Gasteiger partial charge in [-0.1, -0.05) is 23.3 Å². The number of carbonyl (C=O) groups is 4. The number of rotatable bonds is 4. The zero-order valence-corrected chi connectivity index (χ0v) is 27.7. The monoisotopic (exact) mass is 750 g/mol. The number of amides is 4. The van der Waals surface area contributed by atoms with Crippen molar-refractivity contribution in [1.82, 2.24) is 0 Å². The molecular weight excluding hydrogens is 725 g/mol. The quantitative estimate of drug-likeness (QED) is 0.167. The number of halogens is 8. The largest absolute Gasteiger partial charge is 0.508 e. The van der Waals surface area contributed by atoms with Crippen LogP contribution < -0.4 is 14.5 Å². The summed E-state index contributed by atoms with van der Waals surface area (Å²) in [6, 6.07) is 7.93. The van der Waals surface area contributed by atoms with Crippen molar-refractivity contribution < 1.29 is 59.8 Å². The van der Waals surface area contributed by atoms with Crippen LogP contribution in [0.2, 0.25) is 5.02 Å². The maximum atomic E-state index is 14.5. The summed E-state index contributed by atoms with van der Waals surface area (Å²) in [5, 5.41) is 10.8. The van der Waals surface area contributed by atoms with E-state index >= 15 is 0 Å². The molecule has 52 heavy (non-hydrogen) atoms. The Bertz CT molecular complexity index is 2080. The minimum Gasteiger partial charge on any atom is -0.508 e. The Balaban J connectivity index is 1.37. The summed E-state index contributed by atoms with van der Waals surface area (Å²) < 4.78 is 102. The lowest BCUT2D eigenvalue weighted by molar-refractivity contribution is -0.143. The summed E-state index contributed by atoms with van der Waals surface area (Å²) >= 11 is 6.00. The topological polar surface area (TPSA) is 104 Å². The molecule has 3 aromatic rings. The van der Waals surface area contributed by atoms with E-state index in [2.05, 4.69) is 0 Å². The predicted molar refractivity (Wildman–Crippen MR) is 170 cm³/mol. The van der Waals surface area contributed by atoms with E-state index in [0.717, 1.165) is 17.0 Å². The molecule has 0 spiro atoms. The number of methoxy groups -OCH3 is 1. The molecule has 0 radical (unpaired) electrons. The van der Waals surface area contributed by atoms with Crippen LogP contribution in [-0.2, 0) is 31.5 Å². The van der Waals surface area contributed by atoms with Crippen LogP contribution in [0.4, 0.5) is 42.1 Å². The molecule has 2 heterocycles. The molecular formula is C36H26ClF7N2O6. The fourth-order valence-corrected chi connectivity index (χ4v) is 8.62. The molecule has 1 N–H and O–H groups in total. The first-order chi connectivity index (χ1) is 24.3. The van der Waals surface area contributed by atoms with E-state index in [0.29, 0.717) is 22.6 Å². The third-order valence-electron chi connectivity index (χ3n) is 10.8. The van der Waals surface area contributed by atoms with E-state index in [1.54, 1.807) is 6.08 Å². The van der Waals surface area contributed by atoms with Gasteiger partial charge in [-0.25, -0.2) is 14.2 Å². The lowest BCUT2D eigenvalue weighted by Crippen LogP contribution is -2.48. The molecule has 0 aromatic heterocycles. The van der Waals surface area contributed by atoms with E-state index < -0.39 is 93.6 Å². The van der Waals surface area contributed by atoms with Gasteiger partial charge in [-0.05, 0) is 80.3 Å². The van der Waals surface area contributed by atoms with Crippen molar-refractivity contribution in [2.75, 3.05) is 16.9 Å². The molecule has 7 rings (SSSR count). The molecule has 4 aliphatic rings. The van der Waals surface area contributed by atoms with Crippen LogP contribution in [0.1, 0.15) is 42.4 Å². The Hall–Kier alpha value is -4.92. The molecule has 0 bridgehead atoms. The highest BCUT2D eigenvalue weighted by Gasteiger charge is 2.68. The molecule has 2 aliphatic carbocycles. The number of alkyl halides is 6. The summed E-state index contributed by atoms with van der Waals surface area (Å²) in [4.78, 5) is 58.0. The Labute approximate surface area is 295 Å². The molecule has 1 saturated carbocycles. The van der Waals surface area contributed by atoms with Gasteiger partial charge in [0.25, 0.3) is 0 Å². The van der Waals surface area contributed by atoms with E-state index in [1.807, 2.05) is 0 Å². The predicted octanol–water partition coefficient (Wildman–Crippen LogP) is 7.67. The normalized spacial score (nSPS) is 27.4. The second-order valence-electron chi connectivity index (χ2n) is 13.5. The number of fused-ring (bicyclic) bond motifs is 4. The zero-order valence-electron chi connectivity index (χ0n) is 27.0. The average Bonchev–Trinajstić information content (AvgIpc) is 3.45. The Kier molecular flexibility index (Phi) is 8.05. The van der Waals surface area contributed by atoms with Crippen LogP contribution in [0.3, 0.4) is 0 Å². The Morgan fingerprint density at radius 2 is 1.48 bits per heavy atom. The van der Waals surface area contributed by atoms with Crippen molar-refractivity contribution in [1.29, 1.82) is 0 Å². The summed E-state index contributed by atoms with van der Waals surface area (Å²) in [6.07, 6.45) is -9.35. The molecule has 6 atom stereocenters. The lowest BCUT2D eigenvalue weighted by atomic mass is 9.51. The minimum absolute atomic E-state index is 0.0521. The van der Waals surface area contributed by atoms with Gasteiger partial charge in [0.15, 0.2) is 0 Å². The van der Waals surface area contributed by atoms with Gasteiger partial charge in [-0.15, -0.1) is 0 Å². The van der Waals surface area contributed by atoms with Crippen molar-refractivity contribution >= 4 is 46.6 Å². The van der Waals surface area contributed by atoms with Gasteiger partial charge in [-0.3, -0.25) is 19.2 Å². The fraction of sp³-hybridized carbons (Fsp3) is 0.333. The van der Waals surface area contributed by atoms with Gasteiger partial charge in [-0.2, -0.15) is 26.3 Å². The number of imide groups is 2. The molecule has 2 saturated heterocycles. The minimum atomic E-state index is -5.25. The standard InChI is InChI=1S/C36H26ClF7N2O6/c1-34-24(31(49)46(33(34)51)17-3-7-26(38)25(37)12-17)14-22-20(29(34)23-13-19(52-2)4-8-27(23)47)5-6-21-28(22)32(50)45(30(21)48)18-10-15(35(39,40)41)9-16(11-18)36(42,43)44/h3-5,7-13,21-22,24,28-29,47H,6,14H2,1-2H3/t21-,22+,24-,28-,29+,34+/m0/s1. The number of hydrogen-bond donors (Lipinski definition) is 1.